The minimum absolute atomic E-state index is 0.178. The smallest absolute Gasteiger partial charge is 0.412 e. The Kier molecular flexibility index (Phi) is 7.68. The summed E-state index contributed by atoms with van der Waals surface area (Å²) in [7, 11) is 1.48. The number of rotatable bonds is 9. The first-order valence-corrected chi connectivity index (χ1v) is 9.09. The maximum Gasteiger partial charge on any atom is 0.412 e. The Morgan fingerprint density at radius 1 is 1.30 bits per heavy atom. The Morgan fingerprint density at radius 3 is 2.44 bits per heavy atom. The van der Waals surface area contributed by atoms with Gasteiger partial charge in [-0.25, -0.2) is 14.3 Å². The molecule has 0 aliphatic heterocycles. The zero-order valence-electron chi connectivity index (χ0n) is 14.6. The average molecular weight is 416 g/mol. The lowest BCUT2D eigenvalue weighted by Crippen LogP contribution is -2.27. The topological polar surface area (TPSA) is 103 Å². The van der Waals surface area contributed by atoms with Gasteiger partial charge in [-0.3, -0.25) is 5.32 Å². The van der Waals surface area contributed by atoms with E-state index in [0.29, 0.717) is 30.5 Å². The molecule has 27 heavy (non-hydrogen) atoms. The number of hydrogen-bond acceptors (Lipinski definition) is 6. The minimum Gasteiger partial charge on any atom is -0.439 e. The maximum absolute atomic E-state index is 11.9. The molecule has 0 spiro atoms. The predicted molar refractivity (Wildman–Crippen MR) is 104 cm³/mol. The molecule has 0 aliphatic carbocycles. The van der Waals surface area contributed by atoms with Crippen molar-refractivity contribution in [1.29, 1.82) is 0 Å². The van der Waals surface area contributed by atoms with Gasteiger partial charge in [0.1, 0.15) is 6.20 Å². The van der Waals surface area contributed by atoms with Crippen LogP contribution >= 0.6 is 23.2 Å². The van der Waals surface area contributed by atoms with Gasteiger partial charge in [0.2, 0.25) is 5.82 Å². The summed E-state index contributed by atoms with van der Waals surface area (Å²) < 4.78 is 6.31. The molecule has 1 amide bonds. The van der Waals surface area contributed by atoms with Crippen LogP contribution in [-0.2, 0) is 18.4 Å². The molecule has 0 saturated heterocycles. The van der Waals surface area contributed by atoms with Crippen molar-refractivity contribution >= 4 is 46.5 Å². The molecule has 0 aliphatic rings. The van der Waals surface area contributed by atoms with Gasteiger partial charge >= 0.3 is 11.9 Å². The number of nitro groups is 1. The second-order valence-electron chi connectivity index (χ2n) is 5.46. The summed E-state index contributed by atoms with van der Waals surface area (Å²) in [6.07, 6.45) is 0.426. The highest BCUT2D eigenvalue weighted by Gasteiger charge is 2.17. The van der Waals surface area contributed by atoms with Gasteiger partial charge in [0.25, 0.3) is 0 Å². The maximum atomic E-state index is 11.9. The van der Waals surface area contributed by atoms with Gasteiger partial charge in [0, 0.05) is 36.2 Å². The first-order valence-electron chi connectivity index (χ1n) is 8.02. The highest BCUT2D eigenvalue weighted by molar-refractivity contribution is 6.18. The number of alkyl halides is 2. The third-order valence-corrected chi connectivity index (χ3v) is 4.11. The fourth-order valence-electron chi connectivity index (χ4n) is 2.36. The van der Waals surface area contributed by atoms with E-state index in [4.69, 9.17) is 27.9 Å². The quantitative estimate of drug-likeness (QED) is 0.382. The van der Waals surface area contributed by atoms with Gasteiger partial charge in [-0.05, 0) is 29.2 Å². The summed E-state index contributed by atoms with van der Waals surface area (Å²) in [6, 6.07) is 7.16. The number of benzene rings is 1. The number of carbonyl (C=O) groups is 1. The fourth-order valence-corrected chi connectivity index (χ4v) is 2.76. The van der Waals surface area contributed by atoms with E-state index in [2.05, 4.69) is 10.3 Å². The molecule has 1 aromatic heterocycles. The van der Waals surface area contributed by atoms with E-state index < -0.39 is 11.0 Å². The first-order chi connectivity index (χ1) is 13.0. The van der Waals surface area contributed by atoms with Gasteiger partial charge in [0.15, 0.2) is 6.61 Å². The third kappa shape index (κ3) is 5.73. The summed E-state index contributed by atoms with van der Waals surface area (Å²) in [6.45, 7) is 1.14. The van der Waals surface area contributed by atoms with E-state index in [-0.39, 0.29) is 18.2 Å². The minimum atomic E-state index is -0.688. The fraction of sp³-hybridized carbons (Fsp3) is 0.375. The number of hydrogen-bond donors (Lipinski definition) is 1. The third-order valence-electron chi connectivity index (χ3n) is 3.77. The van der Waals surface area contributed by atoms with Gasteiger partial charge in [-0.1, -0.05) is 0 Å². The van der Waals surface area contributed by atoms with Gasteiger partial charge in [-0.2, -0.15) is 0 Å². The Bertz CT molecular complexity index is 776. The van der Waals surface area contributed by atoms with E-state index in [1.165, 1.54) is 11.6 Å². The molecule has 9 nitrogen and oxygen atoms in total. The molecule has 1 N–H and O–H groups in total. The molecule has 1 heterocycles. The van der Waals surface area contributed by atoms with Crippen LogP contribution in [0.3, 0.4) is 0 Å². The van der Waals surface area contributed by atoms with Gasteiger partial charge in [-0.15, -0.1) is 23.2 Å². The molecule has 146 valence electrons. The normalized spacial score (nSPS) is 10.5. The number of imidazole rings is 1. The van der Waals surface area contributed by atoms with Crippen LogP contribution < -0.4 is 10.2 Å². The number of carbonyl (C=O) groups excluding carboxylic acids is 1. The first kappa shape index (κ1) is 20.8. The summed E-state index contributed by atoms with van der Waals surface area (Å²) in [5.74, 6) is 1.05. The summed E-state index contributed by atoms with van der Waals surface area (Å²) in [5.41, 5.74) is 1.49. The standard InChI is InChI=1S/C16H19Cl2N5O4/c1-21-14(19-10-15(21)23(25)26)11-27-16(24)20-12-2-4-13(5-3-12)22(8-6-17)9-7-18/h2-5,10H,6-9,11H2,1H3,(H,20,24). The van der Waals surface area contributed by atoms with Crippen molar-refractivity contribution in [2.24, 2.45) is 7.05 Å². The number of ether oxygens (including phenoxy) is 1. The lowest BCUT2D eigenvalue weighted by molar-refractivity contribution is -0.391. The molecule has 2 aromatic rings. The van der Waals surface area contributed by atoms with Gasteiger partial charge in [0.05, 0.1) is 7.05 Å². The van der Waals surface area contributed by atoms with Crippen LogP contribution in [0.2, 0.25) is 0 Å². The van der Waals surface area contributed by atoms with Crippen molar-refractivity contribution in [3.8, 4) is 0 Å². The zero-order chi connectivity index (χ0) is 19.8. The molecular formula is C16H19Cl2N5O4. The Balaban J connectivity index is 1.91. The van der Waals surface area contributed by atoms with E-state index in [9.17, 15) is 14.9 Å². The summed E-state index contributed by atoms with van der Waals surface area (Å²) >= 11 is 11.6. The number of anilines is 2. The van der Waals surface area contributed by atoms with Crippen molar-refractivity contribution < 1.29 is 14.5 Å². The molecular weight excluding hydrogens is 397 g/mol. The number of aromatic nitrogens is 2. The lowest BCUT2D eigenvalue weighted by Gasteiger charge is -2.23. The molecule has 2 rings (SSSR count). The highest BCUT2D eigenvalue weighted by Crippen LogP contribution is 2.19. The number of nitrogens with zero attached hydrogens (tertiary/aromatic N) is 4. The molecule has 0 atom stereocenters. The average Bonchev–Trinajstić information content (AvgIpc) is 3.01. The van der Waals surface area contributed by atoms with Crippen molar-refractivity contribution in [3.05, 3.63) is 46.4 Å². The SMILES string of the molecule is Cn1c([N+](=O)[O-])cnc1COC(=O)Nc1ccc(N(CCCl)CCCl)cc1. The van der Waals surface area contributed by atoms with Crippen molar-refractivity contribution in [3.63, 3.8) is 0 Å². The summed E-state index contributed by atoms with van der Waals surface area (Å²) in [4.78, 5) is 28.0. The van der Waals surface area contributed by atoms with Crippen LogP contribution in [-0.4, -0.2) is 45.4 Å². The number of nitrogens with one attached hydrogen (secondary N) is 1. The summed E-state index contributed by atoms with van der Waals surface area (Å²) in [5, 5.41) is 13.4. The van der Waals surface area contributed by atoms with Crippen LogP contribution in [0.4, 0.5) is 22.0 Å². The van der Waals surface area contributed by atoms with E-state index in [1.54, 1.807) is 12.1 Å². The highest BCUT2D eigenvalue weighted by atomic mass is 35.5. The molecule has 0 saturated carbocycles. The van der Waals surface area contributed by atoms with Gasteiger partial charge < -0.3 is 19.8 Å². The van der Waals surface area contributed by atoms with Crippen LogP contribution in [0.15, 0.2) is 30.5 Å². The van der Waals surface area contributed by atoms with Crippen LogP contribution in [0.1, 0.15) is 5.82 Å². The Labute approximate surface area is 166 Å². The molecule has 0 unspecified atom stereocenters. The van der Waals surface area contributed by atoms with E-state index in [1.807, 2.05) is 17.0 Å². The largest absolute Gasteiger partial charge is 0.439 e. The van der Waals surface area contributed by atoms with Crippen molar-refractivity contribution in [1.82, 2.24) is 9.55 Å². The Hall–Kier alpha value is -2.52. The molecule has 0 fully saturated rings. The lowest BCUT2D eigenvalue weighted by atomic mass is 10.2. The van der Waals surface area contributed by atoms with Crippen LogP contribution in [0, 0.1) is 10.1 Å². The predicted octanol–water partition coefficient (Wildman–Crippen LogP) is 3.36. The second-order valence-corrected chi connectivity index (χ2v) is 6.22. The van der Waals surface area contributed by atoms with E-state index >= 15 is 0 Å². The second kappa shape index (κ2) is 9.98. The van der Waals surface area contributed by atoms with Crippen LogP contribution in [0.5, 0.6) is 0 Å². The Morgan fingerprint density at radius 2 is 1.93 bits per heavy atom. The molecule has 11 heteroatoms. The molecule has 0 radical (unpaired) electrons. The van der Waals surface area contributed by atoms with Crippen LogP contribution in [0.25, 0.3) is 0 Å². The van der Waals surface area contributed by atoms with E-state index in [0.717, 1.165) is 11.9 Å². The molecule has 0 bridgehead atoms. The number of amides is 1. The monoisotopic (exact) mass is 415 g/mol. The zero-order valence-corrected chi connectivity index (χ0v) is 16.1. The number of halogens is 2. The molecule has 1 aromatic carbocycles. The van der Waals surface area contributed by atoms with Crippen molar-refractivity contribution in [2.75, 3.05) is 35.1 Å². The van der Waals surface area contributed by atoms with Crippen molar-refractivity contribution in [2.45, 2.75) is 6.61 Å².